The molecule has 2 saturated heterocycles. The predicted octanol–water partition coefficient (Wildman–Crippen LogP) is 2.67. The van der Waals surface area contributed by atoms with Crippen molar-refractivity contribution in [1.29, 1.82) is 0 Å². The third kappa shape index (κ3) is 3.62. The lowest BCUT2D eigenvalue weighted by Crippen LogP contribution is -2.46. The quantitative estimate of drug-likeness (QED) is 0.644. The third-order valence-corrected chi connectivity index (χ3v) is 7.34. The van der Waals surface area contributed by atoms with Gasteiger partial charge in [0.25, 0.3) is 0 Å². The standard InChI is InChI=1S/C25H31N7O/c1-16-14-32-23(28-24(16)30-11-9-18(26)15-30)13-20(29-32)22-8-4-5-10-31(22)25(33)21-12-17-6-2-3-7-19(17)27-21/h2-3,6-7,13-14,18,21-22,27H,4-5,8-12,15,26H2,1H3. The molecule has 0 aliphatic carbocycles. The Morgan fingerprint density at radius 3 is 2.88 bits per heavy atom. The van der Waals surface area contributed by atoms with Crippen molar-refractivity contribution in [3.8, 4) is 0 Å². The number of hydrogen-bond donors (Lipinski definition) is 2. The van der Waals surface area contributed by atoms with Gasteiger partial charge in [-0.3, -0.25) is 4.79 Å². The molecule has 3 atom stereocenters. The smallest absolute Gasteiger partial charge is 0.245 e. The van der Waals surface area contributed by atoms with E-state index in [1.54, 1.807) is 0 Å². The van der Waals surface area contributed by atoms with Crippen LogP contribution in [0.3, 0.4) is 0 Å². The van der Waals surface area contributed by atoms with Crippen LogP contribution in [0.1, 0.15) is 48.5 Å². The Labute approximate surface area is 193 Å². The molecule has 0 bridgehead atoms. The van der Waals surface area contributed by atoms with Crippen molar-refractivity contribution >= 4 is 23.1 Å². The Balaban J connectivity index is 1.27. The minimum Gasteiger partial charge on any atom is -0.373 e. The van der Waals surface area contributed by atoms with Crippen LogP contribution in [0.25, 0.3) is 5.65 Å². The number of fused-ring (bicyclic) bond motifs is 2. The van der Waals surface area contributed by atoms with Gasteiger partial charge in [-0.15, -0.1) is 0 Å². The molecule has 8 nitrogen and oxygen atoms in total. The molecule has 33 heavy (non-hydrogen) atoms. The van der Waals surface area contributed by atoms with E-state index >= 15 is 0 Å². The van der Waals surface area contributed by atoms with Crippen LogP contribution in [0, 0.1) is 6.92 Å². The molecule has 1 aromatic carbocycles. The number of rotatable bonds is 3. The third-order valence-electron chi connectivity index (χ3n) is 7.34. The molecule has 0 saturated carbocycles. The summed E-state index contributed by atoms with van der Waals surface area (Å²) in [4.78, 5) is 22.8. The highest BCUT2D eigenvalue weighted by Gasteiger charge is 2.36. The first-order valence-electron chi connectivity index (χ1n) is 12.1. The monoisotopic (exact) mass is 445 g/mol. The number of benzene rings is 1. The van der Waals surface area contributed by atoms with Gasteiger partial charge in [-0.1, -0.05) is 18.2 Å². The number of likely N-dealkylation sites (tertiary alicyclic amines) is 1. The maximum Gasteiger partial charge on any atom is 0.245 e. The number of carbonyl (C=O) groups excluding carboxylic acids is 1. The molecule has 3 N–H and O–H groups in total. The van der Waals surface area contributed by atoms with Gasteiger partial charge in [-0.25, -0.2) is 9.50 Å². The van der Waals surface area contributed by atoms with Crippen LogP contribution in [-0.4, -0.2) is 57.1 Å². The van der Waals surface area contributed by atoms with Crippen molar-refractivity contribution in [2.75, 3.05) is 29.9 Å². The van der Waals surface area contributed by atoms with Crippen LogP contribution in [-0.2, 0) is 11.2 Å². The van der Waals surface area contributed by atoms with E-state index in [-0.39, 0.29) is 24.0 Å². The highest BCUT2D eigenvalue weighted by molar-refractivity contribution is 5.88. The number of nitrogens with zero attached hydrogens (tertiary/aromatic N) is 5. The summed E-state index contributed by atoms with van der Waals surface area (Å²) in [6.45, 7) is 4.63. The van der Waals surface area contributed by atoms with Gasteiger partial charge in [-0.05, 0) is 44.2 Å². The molecule has 8 heteroatoms. The molecular formula is C25H31N7O. The summed E-state index contributed by atoms with van der Waals surface area (Å²) in [6, 6.07) is 10.3. The molecular weight excluding hydrogens is 414 g/mol. The molecule has 3 unspecified atom stereocenters. The SMILES string of the molecule is Cc1cn2nc(C3CCCCN3C(=O)C3Cc4ccccc4N3)cc2nc1N1CCC(N)C1. The van der Waals surface area contributed by atoms with E-state index in [9.17, 15) is 4.79 Å². The topological polar surface area (TPSA) is 91.8 Å². The maximum atomic E-state index is 13.6. The Morgan fingerprint density at radius 1 is 1.18 bits per heavy atom. The summed E-state index contributed by atoms with van der Waals surface area (Å²) in [7, 11) is 0. The molecule has 5 heterocycles. The van der Waals surface area contributed by atoms with Gasteiger partial charge in [0.1, 0.15) is 11.9 Å². The van der Waals surface area contributed by atoms with Crippen LogP contribution in [0.2, 0.25) is 0 Å². The van der Waals surface area contributed by atoms with Gasteiger partial charge < -0.3 is 20.9 Å². The van der Waals surface area contributed by atoms with Crippen LogP contribution in [0.15, 0.2) is 36.5 Å². The van der Waals surface area contributed by atoms with Gasteiger partial charge in [0.05, 0.1) is 11.7 Å². The van der Waals surface area contributed by atoms with Crippen LogP contribution < -0.4 is 16.0 Å². The van der Waals surface area contributed by atoms with E-state index < -0.39 is 0 Å². The number of piperidine rings is 1. The summed E-state index contributed by atoms with van der Waals surface area (Å²) in [5.41, 5.74) is 11.3. The zero-order valence-corrected chi connectivity index (χ0v) is 19.1. The summed E-state index contributed by atoms with van der Waals surface area (Å²) >= 11 is 0. The second-order valence-corrected chi connectivity index (χ2v) is 9.72. The second kappa shape index (κ2) is 8.02. The Bertz CT molecular complexity index is 1180. The zero-order valence-electron chi connectivity index (χ0n) is 19.1. The molecule has 0 radical (unpaired) electrons. The average Bonchev–Trinajstić information content (AvgIpc) is 3.55. The average molecular weight is 446 g/mol. The van der Waals surface area contributed by atoms with Gasteiger partial charge in [0, 0.05) is 55.6 Å². The molecule has 2 aromatic heterocycles. The number of aromatic nitrogens is 3. The summed E-state index contributed by atoms with van der Waals surface area (Å²) in [5, 5.41) is 8.31. The van der Waals surface area contributed by atoms with Crippen LogP contribution >= 0.6 is 0 Å². The first-order valence-corrected chi connectivity index (χ1v) is 12.1. The fraction of sp³-hybridized carbons (Fsp3) is 0.480. The van der Waals surface area contributed by atoms with E-state index in [2.05, 4.69) is 41.5 Å². The number of nitrogens with two attached hydrogens (primary N) is 1. The first-order chi connectivity index (χ1) is 16.1. The van der Waals surface area contributed by atoms with E-state index in [0.29, 0.717) is 0 Å². The number of para-hydroxylation sites is 1. The normalized spacial score (nSPS) is 24.8. The number of nitrogens with one attached hydrogen (secondary N) is 1. The molecule has 3 aliphatic heterocycles. The molecule has 172 valence electrons. The Morgan fingerprint density at radius 2 is 2.06 bits per heavy atom. The minimum absolute atomic E-state index is 0.0116. The molecule has 0 spiro atoms. The van der Waals surface area contributed by atoms with E-state index in [0.717, 1.165) is 80.1 Å². The van der Waals surface area contributed by atoms with Crippen molar-refractivity contribution in [2.45, 2.75) is 57.2 Å². The molecule has 3 aliphatic rings. The number of hydrogen-bond acceptors (Lipinski definition) is 6. The summed E-state index contributed by atoms with van der Waals surface area (Å²) in [5.74, 6) is 1.16. The van der Waals surface area contributed by atoms with Crippen molar-refractivity contribution < 1.29 is 4.79 Å². The summed E-state index contributed by atoms with van der Waals surface area (Å²) in [6.07, 6.45) is 6.85. The zero-order chi connectivity index (χ0) is 22.5. The van der Waals surface area contributed by atoms with Crippen LogP contribution in [0.5, 0.6) is 0 Å². The highest BCUT2D eigenvalue weighted by atomic mass is 16.2. The predicted molar refractivity (Wildman–Crippen MR) is 128 cm³/mol. The van der Waals surface area contributed by atoms with Crippen molar-refractivity contribution in [1.82, 2.24) is 19.5 Å². The Kier molecular flexibility index (Phi) is 4.98. The van der Waals surface area contributed by atoms with E-state index in [1.165, 1.54) is 5.56 Å². The van der Waals surface area contributed by atoms with Gasteiger partial charge in [0.2, 0.25) is 5.91 Å². The number of anilines is 2. The largest absolute Gasteiger partial charge is 0.373 e. The summed E-state index contributed by atoms with van der Waals surface area (Å²) < 4.78 is 1.87. The highest BCUT2D eigenvalue weighted by Crippen LogP contribution is 2.34. The second-order valence-electron chi connectivity index (χ2n) is 9.72. The first kappa shape index (κ1) is 20.5. The van der Waals surface area contributed by atoms with E-state index in [1.807, 2.05) is 21.5 Å². The fourth-order valence-corrected chi connectivity index (χ4v) is 5.63. The fourth-order valence-electron chi connectivity index (χ4n) is 5.63. The van der Waals surface area contributed by atoms with Gasteiger partial charge in [0.15, 0.2) is 5.65 Å². The molecule has 1 amide bonds. The van der Waals surface area contributed by atoms with Crippen molar-refractivity contribution in [2.24, 2.45) is 5.73 Å². The number of carbonyl (C=O) groups is 1. The lowest BCUT2D eigenvalue weighted by Gasteiger charge is -2.36. The number of amides is 1. The maximum absolute atomic E-state index is 13.6. The molecule has 3 aromatic rings. The molecule has 6 rings (SSSR count). The van der Waals surface area contributed by atoms with Crippen molar-refractivity contribution in [3.05, 3.63) is 53.3 Å². The minimum atomic E-state index is -0.202. The van der Waals surface area contributed by atoms with Crippen molar-refractivity contribution in [3.63, 3.8) is 0 Å². The van der Waals surface area contributed by atoms with Crippen LogP contribution in [0.4, 0.5) is 11.5 Å². The Hall–Kier alpha value is -3.13. The van der Waals surface area contributed by atoms with Gasteiger partial charge in [-0.2, -0.15) is 5.10 Å². The lowest BCUT2D eigenvalue weighted by molar-refractivity contribution is -0.135. The number of aryl methyl sites for hydroxylation is 1. The van der Waals surface area contributed by atoms with E-state index in [4.69, 9.17) is 15.8 Å². The van der Waals surface area contributed by atoms with Gasteiger partial charge >= 0.3 is 0 Å². The molecule has 2 fully saturated rings. The lowest BCUT2D eigenvalue weighted by atomic mass is 9.97.